The van der Waals surface area contributed by atoms with Crippen LogP contribution in [0, 0.1) is 6.92 Å². The fourth-order valence-electron chi connectivity index (χ4n) is 1.75. The van der Waals surface area contributed by atoms with E-state index < -0.39 is 0 Å². The molecule has 0 atom stereocenters. The molecule has 1 aliphatic heterocycles. The van der Waals surface area contributed by atoms with Crippen molar-refractivity contribution >= 4 is 6.29 Å². The summed E-state index contributed by atoms with van der Waals surface area (Å²) in [6.07, 6.45) is 2.49. The van der Waals surface area contributed by atoms with E-state index in [0.717, 1.165) is 17.7 Å². The van der Waals surface area contributed by atoms with Crippen LogP contribution in [0.1, 0.15) is 16.1 Å². The Hall–Kier alpha value is -2.30. The lowest BCUT2D eigenvalue weighted by atomic mass is 10.3. The Labute approximate surface area is 97.6 Å². The van der Waals surface area contributed by atoms with Gasteiger partial charge < -0.3 is 9.47 Å². The first kappa shape index (κ1) is 9.89. The molecular weight excluding hydrogens is 220 g/mol. The highest BCUT2D eigenvalue weighted by atomic mass is 16.7. The first-order valence-corrected chi connectivity index (χ1v) is 5.19. The van der Waals surface area contributed by atoms with Crippen LogP contribution in [0.4, 0.5) is 0 Å². The Balaban J connectivity index is 2.06. The van der Waals surface area contributed by atoms with Crippen LogP contribution in [0.25, 0.3) is 5.69 Å². The number of fused-ring (bicyclic) bond motifs is 1. The third-order valence-electron chi connectivity index (χ3n) is 2.68. The summed E-state index contributed by atoms with van der Waals surface area (Å²) in [5, 5.41) is 4.27. The Kier molecular flexibility index (Phi) is 2.11. The molecule has 0 saturated carbocycles. The third-order valence-corrected chi connectivity index (χ3v) is 2.68. The van der Waals surface area contributed by atoms with E-state index in [1.807, 2.05) is 18.2 Å². The lowest BCUT2D eigenvalue weighted by Gasteiger charge is -2.02. The van der Waals surface area contributed by atoms with Crippen molar-refractivity contribution in [1.82, 2.24) is 9.78 Å². The van der Waals surface area contributed by atoms with Crippen molar-refractivity contribution in [1.29, 1.82) is 0 Å². The van der Waals surface area contributed by atoms with Crippen LogP contribution in [0.15, 0.2) is 24.4 Å². The maximum atomic E-state index is 10.8. The maximum absolute atomic E-state index is 10.8. The molecule has 0 N–H and O–H groups in total. The highest BCUT2D eigenvalue weighted by Gasteiger charge is 2.14. The molecule has 0 bridgehead atoms. The molecule has 0 fully saturated rings. The lowest BCUT2D eigenvalue weighted by Crippen LogP contribution is -1.95. The van der Waals surface area contributed by atoms with Gasteiger partial charge in [0.25, 0.3) is 0 Å². The number of hydrogen-bond donors (Lipinski definition) is 0. The highest BCUT2D eigenvalue weighted by molar-refractivity contribution is 5.76. The van der Waals surface area contributed by atoms with Gasteiger partial charge in [-0.2, -0.15) is 5.10 Å². The van der Waals surface area contributed by atoms with Crippen LogP contribution >= 0.6 is 0 Å². The van der Waals surface area contributed by atoms with Crippen LogP contribution in [0.3, 0.4) is 0 Å². The number of carbonyl (C=O) groups excluding carboxylic acids is 1. The second-order valence-corrected chi connectivity index (χ2v) is 3.77. The summed E-state index contributed by atoms with van der Waals surface area (Å²) in [4.78, 5) is 10.8. The average Bonchev–Trinajstić information content (AvgIpc) is 2.93. The lowest BCUT2D eigenvalue weighted by molar-refractivity contribution is 0.112. The molecule has 0 spiro atoms. The van der Waals surface area contributed by atoms with Crippen molar-refractivity contribution in [2.75, 3.05) is 6.79 Å². The van der Waals surface area contributed by atoms with Gasteiger partial charge in [-0.15, -0.1) is 0 Å². The van der Waals surface area contributed by atoms with Crippen molar-refractivity contribution in [3.05, 3.63) is 35.7 Å². The number of aldehydes is 1. The molecule has 0 amide bonds. The predicted molar refractivity (Wildman–Crippen MR) is 59.8 cm³/mol. The molecule has 3 rings (SSSR count). The molecule has 1 aromatic heterocycles. The molecule has 0 saturated heterocycles. The van der Waals surface area contributed by atoms with E-state index in [-0.39, 0.29) is 6.79 Å². The van der Waals surface area contributed by atoms with Crippen LogP contribution in [-0.4, -0.2) is 22.9 Å². The topological polar surface area (TPSA) is 53.4 Å². The number of hydrogen-bond acceptors (Lipinski definition) is 4. The Bertz CT molecular complexity index is 589. The Morgan fingerprint density at radius 2 is 2.18 bits per heavy atom. The SMILES string of the molecule is Cc1nn(-c2ccc3c(c2)OCO3)cc1C=O. The summed E-state index contributed by atoms with van der Waals surface area (Å²) in [5.74, 6) is 1.43. The second-order valence-electron chi connectivity index (χ2n) is 3.77. The summed E-state index contributed by atoms with van der Waals surface area (Å²) < 4.78 is 12.2. The quantitative estimate of drug-likeness (QED) is 0.737. The Morgan fingerprint density at radius 1 is 1.35 bits per heavy atom. The van der Waals surface area contributed by atoms with Gasteiger partial charge in [0, 0.05) is 12.3 Å². The molecular formula is C12H10N2O3. The van der Waals surface area contributed by atoms with Crippen molar-refractivity contribution in [3.8, 4) is 17.2 Å². The van der Waals surface area contributed by atoms with Gasteiger partial charge in [-0.05, 0) is 19.1 Å². The zero-order chi connectivity index (χ0) is 11.8. The van der Waals surface area contributed by atoms with E-state index in [2.05, 4.69) is 5.10 Å². The van der Waals surface area contributed by atoms with E-state index in [4.69, 9.17) is 9.47 Å². The molecule has 2 aromatic rings. The summed E-state index contributed by atoms with van der Waals surface area (Å²) in [6.45, 7) is 2.05. The first-order chi connectivity index (χ1) is 8.28. The van der Waals surface area contributed by atoms with E-state index in [0.29, 0.717) is 17.0 Å². The fourth-order valence-corrected chi connectivity index (χ4v) is 1.75. The zero-order valence-electron chi connectivity index (χ0n) is 9.21. The molecule has 17 heavy (non-hydrogen) atoms. The van der Waals surface area contributed by atoms with Crippen LogP contribution in [-0.2, 0) is 0 Å². The normalized spacial score (nSPS) is 12.8. The summed E-state index contributed by atoms with van der Waals surface area (Å²) in [7, 11) is 0. The van der Waals surface area contributed by atoms with Gasteiger partial charge >= 0.3 is 0 Å². The molecule has 86 valence electrons. The van der Waals surface area contributed by atoms with E-state index in [9.17, 15) is 4.79 Å². The van der Waals surface area contributed by atoms with Gasteiger partial charge in [-0.3, -0.25) is 4.79 Å². The number of aromatic nitrogens is 2. The molecule has 0 unspecified atom stereocenters. The number of nitrogens with zero attached hydrogens (tertiary/aromatic N) is 2. The smallest absolute Gasteiger partial charge is 0.231 e. The van der Waals surface area contributed by atoms with Crippen molar-refractivity contribution in [2.45, 2.75) is 6.92 Å². The first-order valence-electron chi connectivity index (χ1n) is 5.19. The van der Waals surface area contributed by atoms with Crippen molar-refractivity contribution in [2.24, 2.45) is 0 Å². The second kappa shape index (κ2) is 3.62. The number of aryl methyl sites for hydroxylation is 1. The van der Waals surface area contributed by atoms with Crippen molar-refractivity contribution < 1.29 is 14.3 Å². The summed E-state index contributed by atoms with van der Waals surface area (Å²) in [5.41, 5.74) is 2.13. The van der Waals surface area contributed by atoms with Gasteiger partial charge in [0.1, 0.15) is 0 Å². The minimum absolute atomic E-state index is 0.247. The van der Waals surface area contributed by atoms with Gasteiger partial charge in [-0.25, -0.2) is 4.68 Å². The molecule has 1 aromatic carbocycles. The minimum Gasteiger partial charge on any atom is -0.454 e. The summed E-state index contributed by atoms with van der Waals surface area (Å²) in [6, 6.07) is 5.53. The standard InChI is InChI=1S/C12H10N2O3/c1-8-9(6-15)5-14(13-8)10-2-3-11-12(4-10)17-7-16-11/h2-6H,7H2,1H3. The Morgan fingerprint density at radius 3 is 2.94 bits per heavy atom. The largest absolute Gasteiger partial charge is 0.454 e. The maximum Gasteiger partial charge on any atom is 0.231 e. The number of benzene rings is 1. The number of rotatable bonds is 2. The van der Waals surface area contributed by atoms with E-state index >= 15 is 0 Å². The molecule has 1 aliphatic rings. The monoisotopic (exact) mass is 230 g/mol. The minimum atomic E-state index is 0.247. The van der Waals surface area contributed by atoms with E-state index in [1.54, 1.807) is 17.8 Å². The average molecular weight is 230 g/mol. The molecule has 0 aliphatic carbocycles. The van der Waals surface area contributed by atoms with Gasteiger partial charge in [0.15, 0.2) is 17.8 Å². The highest BCUT2D eigenvalue weighted by Crippen LogP contribution is 2.33. The predicted octanol–water partition coefficient (Wildman–Crippen LogP) is 1.72. The molecule has 2 heterocycles. The molecule has 5 heteroatoms. The van der Waals surface area contributed by atoms with E-state index in [1.165, 1.54) is 0 Å². The third kappa shape index (κ3) is 1.56. The van der Waals surface area contributed by atoms with Crippen molar-refractivity contribution in [3.63, 3.8) is 0 Å². The fraction of sp³-hybridized carbons (Fsp3) is 0.167. The van der Waals surface area contributed by atoms with Crippen LogP contribution in [0.5, 0.6) is 11.5 Å². The molecule has 5 nitrogen and oxygen atoms in total. The number of ether oxygens (including phenoxy) is 2. The van der Waals surface area contributed by atoms with Crippen LogP contribution in [0.2, 0.25) is 0 Å². The summed E-state index contributed by atoms with van der Waals surface area (Å²) >= 11 is 0. The van der Waals surface area contributed by atoms with Crippen LogP contribution < -0.4 is 9.47 Å². The van der Waals surface area contributed by atoms with Gasteiger partial charge in [0.05, 0.1) is 16.9 Å². The zero-order valence-corrected chi connectivity index (χ0v) is 9.21. The van der Waals surface area contributed by atoms with Gasteiger partial charge in [0.2, 0.25) is 6.79 Å². The number of carbonyl (C=O) groups is 1. The molecule has 0 radical (unpaired) electrons. The van der Waals surface area contributed by atoms with Gasteiger partial charge in [-0.1, -0.05) is 0 Å².